The minimum absolute atomic E-state index is 0.151. The van der Waals surface area contributed by atoms with Crippen LogP contribution in [0.5, 0.6) is 5.75 Å². The molecule has 0 radical (unpaired) electrons. The number of carbonyl (C=O) groups excluding carboxylic acids is 1. The van der Waals surface area contributed by atoms with Gasteiger partial charge in [0.15, 0.2) is 0 Å². The highest BCUT2D eigenvalue weighted by Crippen LogP contribution is 2.30. The molecule has 9 heteroatoms. The van der Waals surface area contributed by atoms with Crippen molar-refractivity contribution in [3.63, 3.8) is 0 Å². The number of hydrogen-bond acceptors (Lipinski definition) is 6. The fourth-order valence-corrected chi connectivity index (χ4v) is 5.96. The lowest BCUT2D eigenvalue weighted by atomic mass is 10.2. The molecule has 1 heterocycles. The van der Waals surface area contributed by atoms with E-state index in [0.717, 1.165) is 35.6 Å². The van der Waals surface area contributed by atoms with Crippen molar-refractivity contribution in [1.29, 1.82) is 0 Å². The number of sulfonamides is 1. The van der Waals surface area contributed by atoms with Crippen molar-refractivity contribution in [2.75, 3.05) is 50.3 Å². The Morgan fingerprint density at radius 2 is 1.78 bits per heavy atom. The number of carbonyl (C=O) groups is 1. The first-order valence-corrected chi connectivity index (χ1v) is 13.1. The lowest BCUT2D eigenvalue weighted by Gasteiger charge is -2.26. The van der Waals surface area contributed by atoms with Crippen LogP contribution in [0, 0.1) is 0 Å². The van der Waals surface area contributed by atoms with E-state index in [4.69, 9.17) is 4.74 Å². The van der Waals surface area contributed by atoms with Crippen LogP contribution in [0.3, 0.4) is 0 Å². The Hall–Kier alpha value is -2.23. The molecular weight excluding hydrogens is 446 g/mol. The third kappa shape index (κ3) is 6.17. The summed E-state index contributed by atoms with van der Waals surface area (Å²) in [5, 5.41) is 2.91. The van der Waals surface area contributed by atoms with Gasteiger partial charge in [-0.1, -0.05) is 6.42 Å². The average Bonchev–Trinajstić information content (AvgIpc) is 2.80. The molecule has 1 saturated heterocycles. The molecular formula is C23H31N3O4S2. The van der Waals surface area contributed by atoms with Crippen molar-refractivity contribution in [2.45, 2.75) is 35.5 Å². The average molecular weight is 478 g/mol. The Kier molecular flexibility index (Phi) is 8.44. The van der Waals surface area contributed by atoms with Gasteiger partial charge >= 0.3 is 0 Å². The number of methoxy groups -OCH3 is 1. The molecule has 1 aliphatic heterocycles. The molecule has 0 spiro atoms. The maximum atomic E-state index is 13.1. The summed E-state index contributed by atoms with van der Waals surface area (Å²) < 4.78 is 32.8. The topological polar surface area (TPSA) is 78.9 Å². The molecule has 2 aromatic rings. The zero-order valence-corrected chi connectivity index (χ0v) is 20.5. The number of ether oxygens (including phenoxy) is 1. The lowest BCUT2D eigenvalue weighted by Crippen LogP contribution is -2.35. The first kappa shape index (κ1) is 24.4. The lowest BCUT2D eigenvalue weighted by molar-refractivity contribution is -0.115. The van der Waals surface area contributed by atoms with E-state index >= 15 is 0 Å². The van der Waals surface area contributed by atoms with E-state index in [0.29, 0.717) is 31.0 Å². The zero-order valence-electron chi connectivity index (χ0n) is 18.8. The monoisotopic (exact) mass is 477 g/mol. The van der Waals surface area contributed by atoms with Crippen molar-refractivity contribution in [3.8, 4) is 5.75 Å². The minimum Gasteiger partial charge on any atom is -0.497 e. The fraction of sp³-hybridized carbons (Fsp3) is 0.435. The second-order valence-corrected chi connectivity index (χ2v) is 11.0. The van der Waals surface area contributed by atoms with E-state index in [1.807, 2.05) is 43.3 Å². The van der Waals surface area contributed by atoms with Gasteiger partial charge in [-0.15, -0.1) is 11.8 Å². The minimum atomic E-state index is -3.57. The Bertz CT molecular complexity index is 1020. The first-order valence-electron chi connectivity index (χ1n) is 10.7. The molecule has 0 aromatic heterocycles. The van der Waals surface area contributed by atoms with Crippen molar-refractivity contribution in [3.05, 3.63) is 42.5 Å². The molecule has 2 aromatic carbocycles. The van der Waals surface area contributed by atoms with E-state index in [1.165, 1.54) is 4.31 Å². The molecule has 1 amide bonds. The third-order valence-corrected chi connectivity index (χ3v) is 8.24. The van der Waals surface area contributed by atoms with E-state index in [2.05, 4.69) is 5.32 Å². The highest BCUT2D eigenvalue weighted by molar-refractivity contribution is 7.99. The van der Waals surface area contributed by atoms with Crippen molar-refractivity contribution in [2.24, 2.45) is 0 Å². The third-order valence-electron chi connectivity index (χ3n) is 5.33. The van der Waals surface area contributed by atoms with E-state index in [9.17, 15) is 13.2 Å². The summed E-state index contributed by atoms with van der Waals surface area (Å²) in [6, 6.07) is 12.6. The summed E-state index contributed by atoms with van der Waals surface area (Å²) in [7, 11) is 1.78. The number of anilines is 2. The van der Waals surface area contributed by atoms with Gasteiger partial charge in [-0.3, -0.25) is 4.79 Å². The van der Waals surface area contributed by atoms with Crippen LogP contribution < -0.4 is 15.0 Å². The molecule has 174 valence electrons. The van der Waals surface area contributed by atoms with Crippen LogP contribution in [0.1, 0.15) is 25.7 Å². The van der Waals surface area contributed by atoms with Crippen molar-refractivity contribution >= 4 is 39.1 Å². The van der Waals surface area contributed by atoms with Gasteiger partial charge in [-0.2, -0.15) is 4.31 Å². The smallest absolute Gasteiger partial charge is 0.243 e. The van der Waals surface area contributed by atoms with Gasteiger partial charge in [0, 0.05) is 44.3 Å². The summed E-state index contributed by atoms with van der Waals surface area (Å²) in [5.74, 6) is 1.26. The van der Waals surface area contributed by atoms with Crippen LogP contribution in [0.25, 0.3) is 0 Å². The standard InChI is InChI=1S/C23H31N3O4S2/c1-25(2)22-12-11-20(32(28,29)26-14-5-4-6-15-26)17-21(22)24-23(27)13-16-31-19-9-7-18(30-3)8-10-19/h7-12,17H,4-6,13-16H2,1-3H3,(H,24,27). The summed E-state index contributed by atoms with van der Waals surface area (Å²) in [6.07, 6.45) is 3.13. The number of nitrogens with one attached hydrogen (secondary N) is 1. The van der Waals surface area contributed by atoms with Crippen LogP contribution in [-0.4, -0.2) is 58.7 Å². The number of rotatable bonds is 9. The highest BCUT2D eigenvalue weighted by Gasteiger charge is 2.27. The van der Waals surface area contributed by atoms with Gasteiger partial charge in [0.25, 0.3) is 0 Å². The fourth-order valence-electron chi connectivity index (χ4n) is 3.57. The highest BCUT2D eigenvalue weighted by atomic mass is 32.2. The van der Waals surface area contributed by atoms with Crippen LogP contribution in [0.15, 0.2) is 52.3 Å². The number of amides is 1. The largest absolute Gasteiger partial charge is 0.497 e. The summed E-state index contributed by atoms with van der Waals surface area (Å²) >= 11 is 1.59. The molecule has 0 saturated carbocycles. The summed E-state index contributed by atoms with van der Waals surface area (Å²) in [4.78, 5) is 15.8. The van der Waals surface area contributed by atoms with Gasteiger partial charge < -0.3 is 15.0 Å². The first-order chi connectivity index (χ1) is 15.3. The quantitative estimate of drug-likeness (QED) is 0.549. The molecule has 32 heavy (non-hydrogen) atoms. The SMILES string of the molecule is COc1ccc(SCCC(=O)Nc2cc(S(=O)(=O)N3CCCCC3)ccc2N(C)C)cc1. The van der Waals surface area contributed by atoms with Gasteiger partial charge in [-0.25, -0.2) is 8.42 Å². The Morgan fingerprint density at radius 1 is 1.09 bits per heavy atom. The van der Waals surface area contributed by atoms with Crippen molar-refractivity contribution < 1.29 is 17.9 Å². The molecule has 0 unspecified atom stereocenters. The van der Waals surface area contributed by atoms with Gasteiger partial charge in [0.1, 0.15) is 5.75 Å². The zero-order chi connectivity index (χ0) is 23.1. The maximum absolute atomic E-state index is 13.1. The van der Waals surface area contributed by atoms with E-state index < -0.39 is 10.0 Å². The number of thioether (sulfide) groups is 1. The Labute approximate surface area is 195 Å². The van der Waals surface area contributed by atoms with Crippen LogP contribution in [-0.2, 0) is 14.8 Å². The maximum Gasteiger partial charge on any atom is 0.243 e. The number of benzene rings is 2. The molecule has 0 aliphatic carbocycles. The molecule has 3 rings (SSSR count). The predicted molar refractivity (Wildman–Crippen MR) is 130 cm³/mol. The molecule has 0 bridgehead atoms. The molecule has 7 nitrogen and oxygen atoms in total. The Balaban J connectivity index is 1.68. The molecule has 1 fully saturated rings. The molecule has 0 atom stereocenters. The number of piperidine rings is 1. The normalized spacial score (nSPS) is 14.7. The van der Waals surface area contributed by atoms with Gasteiger partial charge in [0.05, 0.1) is 23.4 Å². The Morgan fingerprint density at radius 3 is 2.41 bits per heavy atom. The van der Waals surface area contributed by atoms with Crippen LogP contribution in [0.2, 0.25) is 0 Å². The van der Waals surface area contributed by atoms with Gasteiger partial charge in [0.2, 0.25) is 15.9 Å². The van der Waals surface area contributed by atoms with Gasteiger partial charge in [-0.05, 0) is 55.3 Å². The second-order valence-electron chi connectivity index (χ2n) is 7.86. The number of nitrogens with zero attached hydrogens (tertiary/aromatic N) is 2. The van der Waals surface area contributed by atoms with E-state index in [1.54, 1.807) is 37.1 Å². The molecule has 1 N–H and O–H groups in total. The van der Waals surface area contributed by atoms with Crippen LogP contribution >= 0.6 is 11.8 Å². The van der Waals surface area contributed by atoms with Crippen molar-refractivity contribution in [1.82, 2.24) is 4.31 Å². The van der Waals surface area contributed by atoms with E-state index in [-0.39, 0.29) is 10.8 Å². The second kappa shape index (κ2) is 11.1. The number of hydrogen-bond donors (Lipinski definition) is 1. The van der Waals surface area contributed by atoms with Crippen LogP contribution in [0.4, 0.5) is 11.4 Å². The summed E-state index contributed by atoms with van der Waals surface area (Å²) in [5.41, 5.74) is 1.27. The molecule has 1 aliphatic rings. The summed E-state index contributed by atoms with van der Waals surface area (Å²) in [6.45, 7) is 1.09. The predicted octanol–water partition coefficient (Wildman–Crippen LogP) is 4.06.